The topological polar surface area (TPSA) is 58.2 Å². The van der Waals surface area contributed by atoms with E-state index in [0.29, 0.717) is 5.69 Å². The molecule has 0 saturated heterocycles. The van der Waals surface area contributed by atoms with Crippen LogP contribution >= 0.6 is 15.9 Å². The first-order chi connectivity index (χ1) is 11.0. The second kappa shape index (κ2) is 7.92. The van der Waals surface area contributed by atoms with Crippen molar-refractivity contribution in [1.82, 2.24) is 0 Å². The zero-order valence-electron chi connectivity index (χ0n) is 13.2. The smallest absolute Gasteiger partial charge is 0.233 e. The number of aryl methyl sites for hydroxylation is 2. The molecule has 5 heteroatoms. The molecule has 0 unspecified atom stereocenters. The minimum Gasteiger partial charge on any atom is -0.326 e. The predicted molar refractivity (Wildman–Crippen MR) is 96.6 cm³/mol. The molecule has 2 amide bonds. The lowest BCUT2D eigenvalue weighted by atomic mass is 10.1. The van der Waals surface area contributed by atoms with Crippen molar-refractivity contribution in [2.24, 2.45) is 0 Å². The average Bonchev–Trinajstić information content (AvgIpc) is 2.51. The van der Waals surface area contributed by atoms with Crippen molar-refractivity contribution < 1.29 is 9.59 Å². The number of halogens is 1. The number of para-hydroxylation sites is 1. The van der Waals surface area contributed by atoms with Crippen LogP contribution in [-0.4, -0.2) is 11.8 Å². The van der Waals surface area contributed by atoms with Crippen LogP contribution in [0.5, 0.6) is 0 Å². The maximum atomic E-state index is 12.0. The molecule has 0 saturated carbocycles. The minimum atomic E-state index is -0.341. The summed E-state index contributed by atoms with van der Waals surface area (Å²) < 4.78 is 0.914. The van der Waals surface area contributed by atoms with Gasteiger partial charge in [-0.25, -0.2) is 0 Å². The van der Waals surface area contributed by atoms with Gasteiger partial charge in [0.15, 0.2) is 0 Å². The summed E-state index contributed by atoms with van der Waals surface area (Å²) in [4.78, 5) is 24.0. The van der Waals surface area contributed by atoms with E-state index in [2.05, 4.69) is 26.6 Å². The highest BCUT2D eigenvalue weighted by molar-refractivity contribution is 9.10. The summed E-state index contributed by atoms with van der Waals surface area (Å²) in [7, 11) is 0. The van der Waals surface area contributed by atoms with Gasteiger partial charge in [0.1, 0.15) is 6.42 Å². The molecule has 0 heterocycles. The fourth-order valence-electron chi connectivity index (χ4n) is 2.17. The highest BCUT2D eigenvalue weighted by Crippen LogP contribution is 2.21. The number of amides is 2. The van der Waals surface area contributed by atoms with E-state index < -0.39 is 0 Å². The van der Waals surface area contributed by atoms with Crippen molar-refractivity contribution in [3.05, 3.63) is 58.1 Å². The van der Waals surface area contributed by atoms with Crippen molar-refractivity contribution >= 4 is 39.1 Å². The summed E-state index contributed by atoms with van der Waals surface area (Å²) >= 11 is 3.42. The summed E-state index contributed by atoms with van der Waals surface area (Å²) in [6.45, 7) is 3.99. The van der Waals surface area contributed by atoms with Gasteiger partial charge in [-0.05, 0) is 42.7 Å². The van der Waals surface area contributed by atoms with Crippen LogP contribution in [0.4, 0.5) is 11.4 Å². The number of anilines is 2. The molecule has 0 fully saturated rings. The summed E-state index contributed by atoms with van der Waals surface area (Å²) in [5.74, 6) is -0.665. The summed E-state index contributed by atoms with van der Waals surface area (Å²) in [5.41, 5.74) is 3.54. The van der Waals surface area contributed by atoms with Gasteiger partial charge in [-0.3, -0.25) is 9.59 Å². The monoisotopic (exact) mass is 374 g/mol. The Morgan fingerprint density at radius 2 is 1.74 bits per heavy atom. The Morgan fingerprint density at radius 1 is 1.04 bits per heavy atom. The van der Waals surface area contributed by atoms with Crippen molar-refractivity contribution in [3.8, 4) is 0 Å². The molecule has 2 rings (SSSR count). The van der Waals surface area contributed by atoms with Gasteiger partial charge in [0, 0.05) is 15.8 Å². The zero-order valence-corrected chi connectivity index (χ0v) is 14.7. The Morgan fingerprint density at radius 3 is 2.43 bits per heavy atom. The number of benzene rings is 2. The summed E-state index contributed by atoms with van der Waals surface area (Å²) in [6, 6.07) is 13.1. The van der Waals surface area contributed by atoms with Crippen LogP contribution < -0.4 is 10.6 Å². The molecule has 2 N–H and O–H groups in total. The fraction of sp³-hybridized carbons (Fsp3) is 0.222. The summed E-state index contributed by atoms with van der Waals surface area (Å²) in [5, 5.41) is 5.52. The first-order valence-electron chi connectivity index (χ1n) is 7.43. The van der Waals surface area contributed by atoms with Crippen LogP contribution in [-0.2, 0) is 16.0 Å². The van der Waals surface area contributed by atoms with E-state index in [9.17, 15) is 9.59 Å². The minimum absolute atomic E-state index is 0.219. The number of rotatable bonds is 5. The van der Waals surface area contributed by atoms with Crippen molar-refractivity contribution in [3.63, 3.8) is 0 Å². The third kappa shape index (κ3) is 4.93. The lowest BCUT2D eigenvalue weighted by Gasteiger charge is -2.10. The van der Waals surface area contributed by atoms with Crippen LogP contribution in [0.3, 0.4) is 0 Å². The number of hydrogen-bond donors (Lipinski definition) is 2. The SMILES string of the molecule is CCc1ccccc1NC(=O)CC(=O)Nc1ccc(C)c(Br)c1. The molecule has 0 bridgehead atoms. The van der Waals surface area contributed by atoms with E-state index in [1.807, 2.05) is 56.3 Å². The predicted octanol–water partition coefficient (Wildman–Crippen LogP) is 4.29. The van der Waals surface area contributed by atoms with Crippen LogP contribution in [0.1, 0.15) is 24.5 Å². The van der Waals surface area contributed by atoms with E-state index in [0.717, 1.165) is 27.7 Å². The van der Waals surface area contributed by atoms with E-state index in [-0.39, 0.29) is 18.2 Å². The molecule has 0 atom stereocenters. The van der Waals surface area contributed by atoms with Crippen LogP contribution in [0.25, 0.3) is 0 Å². The van der Waals surface area contributed by atoms with E-state index >= 15 is 0 Å². The lowest BCUT2D eigenvalue weighted by Crippen LogP contribution is -2.21. The van der Waals surface area contributed by atoms with Crippen LogP contribution in [0, 0.1) is 6.92 Å². The van der Waals surface area contributed by atoms with Gasteiger partial charge in [-0.2, -0.15) is 0 Å². The van der Waals surface area contributed by atoms with E-state index in [1.165, 1.54) is 0 Å². The van der Waals surface area contributed by atoms with Gasteiger partial charge >= 0.3 is 0 Å². The quantitative estimate of drug-likeness (QED) is 0.766. The molecule has 0 aliphatic carbocycles. The maximum absolute atomic E-state index is 12.0. The number of nitrogens with one attached hydrogen (secondary N) is 2. The maximum Gasteiger partial charge on any atom is 0.233 e. The van der Waals surface area contributed by atoms with Crippen molar-refractivity contribution in [1.29, 1.82) is 0 Å². The lowest BCUT2D eigenvalue weighted by molar-refractivity contribution is -0.123. The number of hydrogen-bond acceptors (Lipinski definition) is 2. The Labute approximate surface area is 144 Å². The first kappa shape index (κ1) is 17.2. The third-order valence-electron chi connectivity index (χ3n) is 3.45. The number of carbonyl (C=O) groups excluding carboxylic acids is 2. The zero-order chi connectivity index (χ0) is 16.8. The summed E-state index contributed by atoms with van der Waals surface area (Å²) in [6.07, 6.45) is 0.601. The molecule has 4 nitrogen and oxygen atoms in total. The van der Waals surface area contributed by atoms with Gasteiger partial charge in [0.2, 0.25) is 11.8 Å². The molecular weight excluding hydrogens is 356 g/mol. The second-order valence-electron chi connectivity index (χ2n) is 5.25. The standard InChI is InChI=1S/C18H19BrN2O2/c1-3-13-6-4-5-7-16(13)21-18(23)11-17(22)20-14-9-8-12(2)15(19)10-14/h4-10H,3,11H2,1-2H3,(H,20,22)(H,21,23). The van der Waals surface area contributed by atoms with Crippen molar-refractivity contribution in [2.45, 2.75) is 26.7 Å². The Hall–Kier alpha value is -2.14. The molecule has 23 heavy (non-hydrogen) atoms. The molecule has 0 aliphatic rings. The normalized spacial score (nSPS) is 10.2. The van der Waals surface area contributed by atoms with E-state index in [1.54, 1.807) is 0 Å². The second-order valence-corrected chi connectivity index (χ2v) is 6.10. The Bertz CT molecular complexity index is 729. The molecule has 0 radical (unpaired) electrons. The highest BCUT2D eigenvalue weighted by Gasteiger charge is 2.11. The van der Waals surface area contributed by atoms with Gasteiger partial charge in [-0.15, -0.1) is 0 Å². The first-order valence-corrected chi connectivity index (χ1v) is 8.22. The Kier molecular flexibility index (Phi) is 5.93. The molecular formula is C18H19BrN2O2. The van der Waals surface area contributed by atoms with E-state index in [4.69, 9.17) is 0 Å². The largest absolute Gasteiger partial charge is 0.326 e. The average molecular weight is 375 g/mol. The van der Waals surface area contributed by atoms with Gasteiger partial charge in [0.05, 0.1) is 0 Å². The molecule has 120 valence electrons. The van der Waals surface area contributed by atoms with Gasteiger partial charge in [0.25, 0.3) is 0 Å². The van der Waals surface area contributed by atoms with Gasteiger partial charge < -0.3 is 10.6 Å². The highest BCUT2D eigenvalue weighted by atomic mass is 79.9. The molecule has 0 aromatic heterocycles. The number of carbonyl (C=O) groups is 2. The molecule has 0 spiro atoms. The molecule has 0 aliphatic heterocycles. The third-order valence-corrected chi connectivity index (χ3v) is 4.30. The Balaban J connectivity index is 1.94. The fourth-order valence-corrected chi connectivity index (χ4v) is 2.55. The van der Waals surface area contributed by atoms with Crippen LogP contribution in [0.2, 0.25) is 0 Å². The van der Waals surface area contributed by atoms with Gasteiger partial charge in [-0.1, -0.05) is 47.1 Å². The molecule has 2 aromatic rings. The van der Waals surface area contributed by atoms with Crippen molar-refractivity contribution in [2.75, 3.05) is 10.6 Å². The molecule has 2 aromatic carbocycles. The van der Waals surface area contributed by atoms with Crippen LogP contribution in [0.15, 0.2) is 46.9 Å².